The molecule has 486 valence electrons. The summed E-state index contributed by atoms with van der Waals surface area (Å²) in [5.41, 5.74) is 25.0. The fourth-order valence-corrected chi connectivity index (χ4v) is 11.1. The van der Waals surface area contributed by atoms with Crippen molar-refractivity contribution >= 4 is 59.1 Å². The highest BCUT2D eigenvalue weighted by molar-refractivity contribution is 5.98. The maximum atomic E-state index is 14.4. The van der Waals surface area contributed by atoms with Crippen LogP contribution >= 0.6 is 0 Å². The molecule has 17 N–H and O–H groups in total. The average Bonchev–Trinajstić information content (AvgIpc) is 4.30. The number of aliphatic hydroxyl groups excluding tert-OH is 1. The number of unbranched alkanes of at least 4 members (excludes halogenated alkanes) is 3. The minimum Gasteiger partial charge on any atom is -0.489 e. The first kappa shape index (κ1) is 71.2. The predicted octanol–water partition coefficient (Wildman–Crippen LogP) is -0.381. The van der Waals surface area contributed by atoms with Crippen molar-refractivity contribution in [3.8, 4) is 5.75 Å². The third-order valence-electron chi connectivity index (χ3n) is 16.0. The zero-order valence-electron chi connectivity index (χ0n) is 51.0. The van der Waals surface area contributed by atoms with Crippen molar-refractivity contribution in [1.82, 2.24) is 47.0 Å². The lowest BCUT2D eigenvalue weighted by Crippen LogP contribution is -2.60. The van der Waals surface area contributed by atoms with E-state index in [1.54, 1.807) is 44.2 Å². The van der Waals surface area contributed by atoms with Gasteiger partial charge in [0.05, 0.1) is 25.1 Å². The first-order valence-corrected chi connectivity index (χ1v) is 31.1. The number of carbonyl (C=O) groups is 10. The van der Waals surface area contributed by atoms with E-state index in [9.17, 15) is 58.2 Å². The molecule has 0 radical (unpaired) electrons. The quantitative estimate of drug-likeness (QED) is 0.0338. The number of carbonyl (C=O) groups excluding carboxylic acids is 9. The van der Waals surface area contributed by atoms with Gasteiger partial charge >= 0.3 is 5.97 Å². The number of aliphatic carboxylic acids is 1. The van der Waals surface area contributed by atoms with Gasteiger partial charge < -0.3 is 84.9 Å². The Morgan fingerprint density at radius 2 is 1.35 bits per heavy atom. The Morgan fingerprint density at radius 1 is 0.705 bits per heavy atom. The molecular formula is C62H95N13O13. The number of nitrogens with two attached hydrogens (primary N) is 4. The normalized spacial score (nSPS) is 21.5. The van der Waals surface area contributed by atoms with Gasteiger partial charge in [0.15, 0.2) is 0 Å². The van der Waals surface area contributed by atoms with Crippen molar-refractivity contribution in [3.63, 3.8) is 0 Å². The van der Waals surface area contributed by atoms with Gasteiger partial charge in [0.25, 0.3) is 0 Å². The minimum absolute atomic E-state index is 0.0316. The Morgan fingerprint density at radius 3 is 2.02 bits per heavy atom. The van der Waals surface area contributed by atoms with E-state index in [0.717, 1.165) is 5.56 Å². The summed E-state index contributed by atoms with van der Waals surface area (Å²) in [5, 5.41) is 40.3. The summed E-state index contributed by atoms with van der Waals surface area (Å²) in [6.07, 6.45) is 8.05. The fourth-order valence-electron chi connectivity index (χ4n) is 11.1. The summed E-state index contributed by atoms with van der Waals surface area (Å²) >= 11 is 0. The van der Waals surface area contributed by atoms with Crippen molar-refractivity contribution in [2.75, 3.05) is 45.9 Å². The van der Waals surface area contributed by atoms with Gasteiger partial charge in [-0.05, 0) is 152 Å². The van der Waals surface area contributed by atoms with Crippen LogP contribution in [0.4, 0.5) is 0 Å². The number of benzene rings is 2. The van der Waals surface area contributed by atoms with E-state index in [0.29, 0.717) is 102 Å². The van der Waals surface area contributed by atoms with Crippen LogP contribution in [0.25, 0.3) is 0 Å². The third-order valence-corrected chi connectivity index (χ3v) is 16.0. The highest BCUT2D eigenvalue weighted by Crippen LogP contribution is 2.24. The van der Waals surface area contributed by atoms with E-state index >= 15 is 0 Å². The van der Waals surface area contributed by atoms with Gasteiger partial charge in [0, 0.05) is 19.1 Å². The van der Waals surface area contributed by atoms with Crippen molar-refractivity contribution in [3.05, 3.63) is 77.9 Å². The average molecular weight is 1230 g/mol. The molecule has 0 aliphatic carbocycles. The Hall–Kier alpha value is -7.52. The van der Waals surface area contributed by atoms with Crippen molar-refractivity contribution in [2.45, 2.75) is 184 Å². The highest BCUT2D eigenvalue weighted by atomic mass is 16.5. The lowest BCUT2D eigenvalue weighted by atomic mass is 9.89. The lowest BCUT2D eigenvalue weighted by Gasteiger charge is -2.29. The van der Waals surface area contributed by atoms with Crippen molar-refractivity contribution < 1.29 is 62.9 Å². The van der Waals surface area contributed by atoms with Crippen molar-refractivity contribution in [1.29, 1.82) is 0 Å². The molecule has 5 rings (SSSR count). The molecule has 2 saturated heterocycles. The van der Waals surface area contributed by atoms with Crippen LogP contribution in [-0.2, 0) is 61.0 Å². The van der Waals surface area contributed by atoms with Gasteiger partial charge in [-0.2, -0.15) is 0 Å². The van der Waals surface area contributed by atoms with E-state index in [-0.39, 0.29) is 69.9 Å². The fraction of sp³-hybridized carbons (Fsp3) is 0.613. The number of hydrogen-bond donors (Lipinski definition) is 13. The molecule has 10 atom stereocenters. The highest BCUT2D eigenvalue weighted by Gasteiger charge is 2.40. The second-order valence-electron chi connectivity index (χ2n) is 23.4. The standard InChI is InChI=1S/C62H95N13O13/c1-39(2)34-49(72-56(80)48(22-10-13-31-65)71-60(84)52-24-15-33-75(52)61(85)44(66)18-8-11-29-63)57(81)73-50(37-76)58(82)70-47-20-7-6-19-45(43(62(86)87)35-40-25-27-42(28-26-40)88-38-41-16-4-3-5-17-41)68-59(83)51-23-14-32-74(51)53(77)36-67-54(78)46(69-55(47)79)21-9-12-30-64/h3-7,16-17,25-28,39,43-52,76H,8-15,18-24,29-38,63-66H2,1-2H3,(H,67,78)(H,68,83)(H,69,79)(H,70,82)(H,71,84)(H,72,80)(H,73,81)(H,86,87)/b7-6+/t43-,44-,45?,46?,47+,48-,49-,50-,51-,52-/m0/s1. The molecule has 3 heterocycles. The summed E-state index contributed by atoms with van der Waals surface area (Å²) in [4.78, 5) is 142. The Bertz CT molecular complexity index is 2650. The van der Waals surface area contributed by atoms with Gasteiger partial charge in [-0.3, -0.25) is 47.9 Å². The van der Waals surface area contributed by atoms with Gasteiger partial charge in [-0.25, -0.2) is 0 Å². The molecule has 0 spiro atoms. The zero-order valence-corrected chi connectivity index (χ0v) is 51.0. The number of fused-ring (bicyclic) bond motifs is 1. The van der Waals surface area contributed by atoms with Crippen LogP contribution in [0, 0.1) is 11.8 Å². The predicted molar refractivity (Wildman–Crippen MR) is 328 cm³/mol. The topological polar surface area (TPSA) is 415 Å². The van der Waals surface area contributed by atoms with Gasteiger partial charge in [-0.1, -0.05) is 74.9 Å². The molecule has 2 fully saturated rings. The number of hydrogen-bond acceptors (Lipinski definition) is 16. The van der Waals surface area contributed by atoms with E-state index in [2.05, 4.69) is 37.2 Å². The minimum atomic E-state index is -1.71. The molecule has 88 heavy (non-hydrogen) atoms. The van der Waals surface area contributed by atoms with Crippen LogP contribution in [0.15, 0.2) is 66.7 Å². The summed E-state index contributed by atoms with van der Waals surface area (Å²) in [7, 11) is 0. The smallest absolute Gasteiger partial charge is 0.308 e. The summed E-state index contributed by atoms with van der Waals surface area (Å²) in [5.74, 6) is -8.43. The van der Waals surface area contributed by atoms with E-state index in [4.69, 9.17) is 27.7 Å². The second kappa shape index (κ2) is 37.4. The number of carboxylic acid groups (broad SMARTS) is 1. The van der Waals surface area contributed by atoms with Gasteiger partial charge in [0.1, 0.15) is 54.6 Å². The Kier molecular flexibility index (Phi) is 30.2. The molecule has 0 bridgehead atoms. The SMILES string of the molecule is CC(C)C[C@H](NC(=O)[C@H](CCCCN)NC(=O)[C@@H]1CCCN1C(=O)[C@@H](N)CCCCN)C(=O)N[C@@H](CO)C(=O)N[C@@H]1C/C=C/CC([C@H](Cc2ccc(OCc3ccccc3)cc2)C(=O)O)NC(=O)[C@@H]2CCCN2C(=O)CNC(=O)C(CCCCN)NC1=O. The molecule has 3 aliphatic rings. The molecule has 2 aromatic rings. The number of rotatable bonds is 31. The van der Waals surface area contributed by atoms with Crippen LogP contribution in [-0.4, -0.2) is 179 Å². The largest absolute Gasteiger partial charge is 0.489 e. The summed E-state index contributed by atoms with van der Waals surface area (Å²) in [6.45, 7) is 3.93. The number of nitrogens with one attached hydrogen (secondary N) is 7. The Labute approximate surface area is 515 Å². The summed E-state index contributed by atoms with van der Waals surface area (Å²) < 4.78 is 5.94. The number of likely N-dealkylation sites (tertiary alicyclic amines) is 1. The number of aliphatic hydroxyl groups is 1. The first-order valence-electron chi connectivity index (χ1n) is 31.1. The van der Waals surface area contributed by atoms with Gasteiger partial charge in [-0.15, -0.1) is 0 Å². The zero-order chi connectivity index (χ0) is 64.1. The van der Waals surface area contributed by atoms with E-state index in [1.807, 2.05) is 30.3 Å². The Balaban J connectivity index is 1.37. The lowest BCUT2D eigenvalue weighted by molar-refractivity contribution is -0.144. The maximum Gasteiger partial charge on any atom is 0.308 e. The van der Waals surface area contributed by atoms with Crippen LogP contribution < -0.4 is 64.9 Å². The maximum absolute atomic E-state index is 14.4. The monoisotopic (exact) mass is 1230 g/mol. The number of carboxylic acids is 1. The number of ether oxygens (including phenoxy) is 1. The molecule has 26 nitrogen and oxygen atoms in total. The third kappa shape index (κ3) is 22.6. The van der Waals surface area contributed by atoms with E-state index in [1.165, 1.54) is 15.9 Å². The first-order chi connectivity index (χ1) is 42.3. The molecule has 0 saturated carbocycles. The second-order valence-corrected chi connectivity index (χ2v) is 23.4. The number of amides is 9. The molecule has 2 unspecified atom stereocenters. The van der Waals surface area contributed by atoms with Crippen LogP contribution in [0.3, 0.4) is 0 Å². The summed E-state index contributed by atoms with van der Waals surface area (Å²) in [6, 6.07) is 5.79. The van der Waals surface area contributed by atoms with Crippen molar-refractivity contribution in [2.24, 2.45) is 34.8 Å². The molecule has 3 aliphatic heterocycles. The molecule has 9 amide bonds. The van der Waals surface area contributed by atoms with Gasteiger partial charge in [0.2, 0.25) is 53.2 Å². The molecular weight excluding hydrogens is 1130 g/mol. The molecule has 2 aromatic carbocycles. The van der Waals surface area contributed by atoms with Crippen LogP contribution in [0.2, 0.25) is 0 Å². The molecule has 0 aromatic heterocycles. The van der Waals surface area contributed by atoms with E-state index < -0.39 is 127 Å². The number of nitrogens with zero attached hydrogens (tertiary/aromatic N) is 2. The molecule has 26 heteroatoms. The van der Waals surface area contributed by atoms with Crippen LogP contribution in [0.1, 0.15) is 128 Å². The van der Waals surface area contributed by atoms with Crippen LogP contribution in [0.5, 0.6) is 5.75 Å².